The van der Waals surface area contributed by atoms with Crippen LogP contribution in [0.4, 0.5) is 0 Å². The van der Waals surface area contributed by atoms with Crippen molar-refractivity contribution in [2.75, 3.05) is 26.4 Å². The normalized spacial score (nSPS) is 13.5. The Bertz CT molecular complexity index is 812. The number of allylic oxidation sites excluding steroid dienone is 1. The van der Waals surface area contributed by atoms with Crippen LogP contribution in [0.15, 0.2) is 12.3 Å². The molecule has 2 atom stereocenters. The van der Waals surface area contributed by atoms with Gasteiger partial charge in [-0.25, -0.2) is 4.57 Å². The van der Waals surface area contributed by atoms with E-state index in [1.807, 2.05) is 6.08 Å². The Hall–Kier alpha value is -0.920. The van der Waals surface area contributed by atoms with E-state index in [1.165, 1.54) is 173 Å². The first kappa shape index (κ1) is 51.1. The quantitative estimate of drug-likeness (QED) is 0.0273. The minimum Gasteiger partial charge on any atom is -0.492 e. The van der Waals surface area contributed by atoms with Crippen molar-refractivity contribution in [1.29, 1.82) is 0 Å². The molecule has 0 bridgehead atoms. The molecule has 0 amide bonds. The van der Waals surface area contributed by atoms with Crippen LogP contribution in [0.5, 0.6) is 0 Å². The molecular formula is C43H86NO7P. The van der Waals surface area contributed by atoms with Crippen molar-refractivity contribution in [3.63, 3.8) is 0 Å². The summed E-state index contributed by atoms with van der Waals surface area (Å²) < 4.78 is 33.2. The lowest BCUT2D eigenvalue weighted by Crippen LogP contribution is -2.25. The second kappa shape index (κ2) is 41.2. The molecule has 52 heavy (non-hydrogen) atoms. The first-order chi connectivity index (χ1) is 25.4. The maximum absolute atomic E-state index is 12.4. The van der Waals surface area contributed by atoms with Crippen molar-refractivity contribution in [2.45, 2.75) is 232 Å². The highest BCUT2D eigenvalue weighted by Gasteiger charge is 2.24. The van der Waals surface area contributed by atoms with Gasteiger partial charge in [-0.15, -0.1) is 0 Å². The lowest BCUT2D eigenvalue weighted by Gasteiger charge is -2.19. The van der Waals surface area contributed by atoms with E-state index < -0.39 is 13.9 Å². The molecule has 0 aliphatic heterocycles. The van der Waals surface area contributed by atoms with Gasteiger partial charge in [-0.05, 0) is 25.3 Å². The van der Waals surface area contributed by atoms with Gasteiger partial charge < -0.3 is 20.1 Å². The zero-order valence-corrected chi connectivity index (χ0v) is 35.2. The monoisotopic (exact) mass is 760 g/mol. The van der Waals surface area contributed by atoms with E-state index >= 15 is 0 Å². The fourth-order valence-corrected chi connectivity index (χ4v) is 7.22. The third-order valence-corrected chi connectivity index (χ3v) is 10.8. The second-order valence-electron chi connectivity index (χ2n) is 15.0. The molecule has 0 saturated heterocycles. The summed E-state index contributed by atoms with van der Waals surface area (Å²) in [7, 11) is -4.26. The van der Waals surface area contributed by atoms with Crippen LogP contribution in [-0.4, -0.2) is 43.3 Å². The largest absolute Gasteiger partial charge is 0.492 e. The number of carbonyl (C=O) groups is 1. The molecule has 0 saturated carbocycles. The van der Waals surface area contributed by atoms with Gasteiger partial charge in [0.05, 0.1) is 19.5 Å². The molecule has 1 unspecified atom stereocenters. The summed E-state index contributed by atoms with van der Waals surface area (Å²) in [6.45, 7) is 4.25. The number of hydrogen-bond acceptors (Lipinski definition) is 7. The van der Waals surface area contributed by atoms with Crippen molar-refractivity contribution in [2.24, 2.45) is 5.73 Å². The minimum atomic E-state index is -4.26. The van der Waals surface area contributed by atoms with Gasteiger partial charge in [-0.3, -0.25) is 13.8 Å². The number of esters is 1. The van der Waals surface area contributed by atoms with Crippen LogP contribution < -0.4 is 5.73 Å². The molecule has 3 N–H and O–H groups in total. The molecule has 310 valence electrons. The minimum absolute atomic E-state index is 0.0577. The fourth-order valence-electron chi connectivity index (χ4n) is 6.45. The maximum atomic E-state index is 12.4. The Labute approximate surface area is 322 Å². The maximum Gasteiger partial charge on any atom is 0.472 e. The Balaban J connectivity index is 3.98. The van der Waals surface area contributed by atoms with Gasteiger partial charge in [0, 0.05) is 13.0 Å². The number of phosphoric acid groups is 1. The number of rotatable bonds is 43. The lowest BCUT2D eigenvalue weighted by molar-refractivity contribution is -0.147. The third-order valence-electron chi connectivity index (χ3n) is 9.80. The van der Waals surface area contributed by atoms with E-state index in [9.17, 15) is 14.3 Å². The molecule has 8 nitrogen and oxygen atoms in total. The summed E-state index contributed by atoms with van der Waals surface area (Å²) in [5, 5.41) is 0. The Morgan fingerprint density at radius 2 is 0.962 bits per heavy atom. The van der Waals surface area contributed by atoms with Crippen molar-refractivity contribution >= 4 is 13.8 Å². The average Bonchev–Trinajstić information content (AvgIpc) is 3.14. The highest BCUT2D eigenvalue weighted by molar-refractivity contribution is 7.47. The molecular weight excluding hydrogens is 673 g/mol. The highest BCUT2D eigenvalue weighted by atomic mass is 31.2. The number of ether oxygens (including phenoxy) is 2. The van der Waals surface area contributed by atoms with Gasteiger partial charge in [0.1, 0.15) is 6.61 Å². The van der Waals surface area contributed by atoms with E-state index in [2.05, 4.69) is 13.8 Å². The van der Waals surface area contributed by atoms with Crippen LogP contribution in [0.3, 0.4) is 0 Å². The Morgan fingerprint density at radius 3 is 1.37 bits per heavy atom. The van der Waals surface area contributed by atoms with Gasteiger partial charge in [0.15, 0.2) is 6.10 Å². The molecule has 0 aliphatic rings. The summed E-state index contributed by atoms with van der Waals surface area (Å²) in [5.74, 6) is -0.285. The molecule has 0 radical (unpaired) electrons. The SMILES string of the molecule is CCCCCCCCCCCCCCC=CO[C@H](COC(=O)CCCCCCCCCCCCCCCCCCCCC)COP(=O)(O)OCCN. The molecule has 9 heteroatoms. The van der Waals surface area contributed by atoms with Crippen molar-refractivity contribution in [3.8, 4) is 0 Å². The van der Waals surface area contributed by atoms with Gasteiger partial charge in [0.2, 0.25) is 0 Å². The number of unbranched alkanes of at least 4 members (excludes halogenated alkanes) is 30. The van der Waals surface area contributed by atoms with Gasteiger partial charge >= 0.3 is 13.8 Å². The smallest absolute Gasteiger partial charge is 0.472 e. The van der Waals surface area contributed by atoms with Gasteiger partial charge in [-0.1, -0.05) is 200 Å². The summed E-state index contributed by atoms with van der Waals surface area (Å²) in [5.41, 5.74) is 5.36. The molecule has 0 rings (SSSR count). The molecule has 0 spiro atoms. The van der Waals surface area contributed by atoms with E-state index in [-0.39, 0.29) is 32.3 Å². The Kier molecular flexibility index (Phi) is 40.5. The third kappa shape index (κ3) is 40.3. The molecule has 0 aromatic rings. The second-order valence-corrected chi connectivity index (χ2v) is 16.4. The number of hydrogen-bond donors (Lipinski definition) is 2. The highest BCUT2D eigenvalue weighted by Crippen LogP contribution is 2.43. The van der Waals surface area contributed by atoms with Crippen molar-refractivity contribution in [3.05, 3.63) is 12.3 Å². The summed E-state index contributed by atoms with van der Waals surface area (Å²) in [6.07, 6.45) is 44.7. The lowest BCUT2D eigenvalue weighted by atomic mass is 10.0. The van der Waals surface area contributed by atoms with Gasteiger partial charge in [-0.2, -0.15) is 0 Å². The van der Waals surface area contributed by atoms with E-state index in [4.69, 9.17) is 24.3 Å². The van der Waals surface area contributed by atoms with Crippen molar-refractivity contribution < 1.29 is 32.8 Å². The zero-order valence-electron chi connectivity index (χ0n) is 34.3. The molecule has 0 fully saturated rings. The summed E-state index contributed by atoms with van der Waals surface area (Å²) in [4.78, 5) is 22.3. The van der Waals surface area contributed by atoms with Gasteiger partial charge in [0.25, 0.3) is 0 Å². The predicted octanol–water partition coefficient (Wildman–Crippen LogP) is 13.4. The van der Waals surface area contributed by atoms with Crippen molar-refractivity contribution in [1.82, 2.24) is 0 Å². The molecule has 0 aromatic carbocycles. The van der Waals surface area contributed by atoms with E-state index in [1.54, 1.807) is 6.26 Å². The van der Waals surface area contributed by atoms with E-state index in [0.717, 1.165) is 32.1 Å². The number of carbonyl (C=O) groups excluding carboxylic acids is 1. The number of nitrogens with two attached hydrogens (primary N) is 1. The summed E-state index contributed by atoms with van der Waals surface area (Å²) >= 11 is 0. The first-order valence-corrected chi connectivity index (χ1v) is 23.7. The fraction of sp³-hybridized carbons (Fsp3) is 0.930. The van der Waals surface area contributed by atoms with Crippen LogP contribution in [0.25, 0.3) is 0 Å². The zero-order chi connectivity index (χ0) is 38.1. The standard InChI is InChI=1S/C43H86NO7P/c1-3-5-7-9-11-13-15-17-19-20-21-22-23-24-26-28-30-32-34-36-43(45)49-40-42(41-51-52(46,47)50-39-37-44)48-38-35-33-31-29-27-25-18-16-14-12-10-8-6-4-2/h35,38,42H,3-34,36-37,39-41,44H2,1-2H3,(H,46,47)/t42-/m1/s1. The van der Waals surface area contributed by atoms with Crippen LogP contribution in [0, 0.1) is 0 Å². The summed E-state index contributed by atoms with van der Waals surface area (Å²) in [6, 6.07) is 0. The van der Waals surface area contributed by atoms with Crippen LogP contribution in [0.1, 0.15) is 226 Å². The Morgan fingerprint density at radius 1 is 0.577 bits per heavy atom. The molecule has 0 heterocycles. The van der Waals surface area contributed by atoms with Crippen LogP contribution in [-0.2, 0) is 27.9 Å². The van der Waals surface area contributed by atoms with E-state index in [0.29, 0.717) is 6.42 Å². The number of phosphoric ester groups is 1. The molecule has 0 aromatic heterocycles. The first-order valence-electron chi connectivity index (χ1n) is 22.2. The topological polar surface area (TPSA) is 117 Å². The molecule has 0 aliphatic carbocycles. The predicted molar refractivity (Wildman–Crippen MR) is 219 cm³/mol. The van der Waals surface area contributed by atoms with Crippen LogP contribution in [0.2, 0.25) is 0 Å². The van der Waals surface area contributed by atoms with Crippen LogP contribution >= 0.6 is 7.82 Å². The average molecular weight is 760 g/mol.